The van der Waals surface area contributed by atoms with E-state index in [1.807, 2.05) is 31.3 Å². The summed E-state index contributed by atoms with van der Waals surface area (Å²) in [5.74, 6) is 0.638. The molecule has 0 unspecified atom stereocenters. The molecule has 1 aromatic heterocycles. The molecule has 0 fully saturated rings. The SMILES string of the molecule is C=C/C=C(\C=C/CCC(/C=C\c1ccc(CCCCC)c(N)n1)=NC)C(=C)CC. The lowest BCUT2D eigenvalue weighted by molar-refractivity contribution is 0.717. The predicted molar refractivity (Wildman–Crippen MR) is 130 cm³/mol. The Kier molecular flexibility index (Phi) is 12.0. The molecule has 0 atom stereocenters. The summed E-state index contributed by atoms with van der Waals surface area (Å²) in [5.41, 5.74) is 11.4. The molecule has 0 aliphatic carbocycles. The number of nitrogens with zero attached hydrogens (tertiary/aromatic N) is 2. The van der Waals surface area contributed by atoms with E-state index in [1.165, 1.54) is 12.8 Å². The van der Waals surface area contributed by atoms with Gasteiger partial charge in [0.1, 0.15) is 5.82 Å². The lowest BCUT2D eigenvalue weighted by atomic mass is 10.0. The predicted octanol–water partition coefficient (Wildman–Crippen LogP) is 6.90. The molecule has 3 nitrogen and oxygen atoms in total. The summed E-state index contributed by atoms with van der Waals surface area (Å²) in [6.45, 7) is 12.2. The average molecular weight is 392 g/mol. The van der Waals surface area contributed by atoms with Crippen LogP contribution in [0.2, 0.25) is 0 Å². The minimum atomic E-state index is 0.638. The molecule has 0 radical (unpaired) electrons. The van der Waals surface area contributed by atoms with Crippen molar-refractivity contribution in [1.29, 1.82) is 0 Å². The standard InChI is InChI=1S/C26H37N3/c1-6-9-10-15-23-17-18-25(29-26(23)27)20-19-24(28-5)16-12-11-14-22(13-7-2)21(4)8-3/h7,11,13-14,17-20H,2,4,6,8-10,12,15-16H2,1,3,5H3,(H2,27,29)/b14-11-,20-19-,22-13+,28-24?. The minimum Gasteiger partial charge on any atom is -0.383 e. The zero-order valence-corrected chi connectivity index (χ0v) is 18.5. The maximum Gasteiger partial charge on any atom is 0.127 e. The van der Waals surface area contributed by atoms with Gasteiger partial charge in [0.05, 0.1) is 5.69 Å². The van der Waals surface area contributed by atoms with Crippen molar-refractivity contribution in [3.8, 4) is 0 Å². The number of nitrogens with two attached hydrogens (primary N) is 1. The van der Waals surface area contributed by atoms with Gasteiger partial charge in [0.2, 0.25) is 0 Å². The van der Waals surface area contributed by atoms with Gasteiger partial charge < -0.3 is 5.73 Å². The highest BCUT2D eigenvalue weighted by Gasteiger charge is 2.02. The van der Waals surface area contributed by atoms with Gasteiger partial charge in [-0.1, -0.05) is 70.2 Å². The topological polar surface area (TPSA) is 51.3 Å². The molecule has 156 valence electrons. The molecule has 1 rings (SSSR count). The number of allylic oxidation sites excluding steroid dienone is 7. The molecule has 3 heteroatoms. The first-order valence-electron chi connectivity index (χ1n) is 10.6. The van der Waals surface area contributed by atoms with Crippen molar-refractivity contribution in [1.82, 2.24) is 4.98 Å². The second-order valence-corrected chi connectivity index (χ2v) is 7.04. The largest absolute Gasteiger partial charge is 0.383 e. The summed E-state index contributed by atoms with van der Waals surface area (Å²) in [4.78, 5) is 8.91. The second kappa shape index (κ2) is 14.3. The number of aromatic nitrogens is 1. The first kappa shape index (κ1) is 24.4. The fraction of sp³-hybridized carbons (Fsp3) is 0.385. The molecule has 0 aliphatic rings. The second-order valence-electron chi connectivity index (χ2n) is 7.04. The molecular weight excluding hydrogens is 354 g/mol. The van der Waals surface area contributed by atoms with Crippen LogP contribution in [0.5, 0.6) is 0 Å². The molecule has 2 N–H and O–H groups in total. The van der Waals surface area contributed by atoms with Crippen molar-refractivity contribution >= 4 is 17.6 Å². The van der Waals surface area contributed by atoms with E-state index in [4.69, 9.17) is 5.73 Å². The zero-order valence-electron chi connectivity index (χ0n) is 18.5. The fourth-order valence-electron chi connectivity index (χ4n) is 2.90. The molecule has 0 aliphatic heterocycles. The summed E-state index contributed by atoms with van der Waals surface area (Å²) in [6.07, 6.45) is 19.4. The van der Waals surface area contributed by atoms with Gasteiger partial charge in [-0.3, -0.25) is 4.99 Å². The van der Waals surface area contributed by atoms with E-state index in [-0.39, 0.29) is 0 Å². The van der Waals surface area contributed by atoms with Crippen molar-refractivity contribution < 1.29 is 0 Å². The first-order valence-corrected chi connectivity index (χ1v) is 10.6. The monoisotopic (exact) mass is 391 g/mol. The Morgan fingerprint density at radius 3 is 2.62 bits per heavy atom. The number of rotatable bonds is 13. The first-order chi connectivity index (χ1) is 14.0. The van der Waals surface area contributed by atoms with E-state index in [2.05, 4.69) is 55.2 Å². The van der Waals surface area contributed by atoms with Gasteiger partial charge in [0, 0.05) is 12.8 Å². The van der Waals surface area contributed by atoms with Gasteiger partial charge in [-0.25, -0.2) is 4.98 Å². The van der Waals surface area contributed by atoms with Crippen molar-refractivity contribution in [2.45, 2.75) is 58.8 Å². The van der Waals surface area contributed by atoms with Crippen molar-refractivity contribution in [2.24, 2.45) is 4.99 Å². The molecule has 0 saturated heterocycles. The maximum absolute atomic E-state index is 6.13. The van der Waals surface area contributed by atoms with Crippen LogP contribution in [0.15, 0.2) is 71.8 Å². The van der Waals surface area contributed by atoms with Crippen LogP contribution >= 0.6 is 0 Å². The van der Waals surface area contributed by atoms with Crippen LogP contribution in [0.25, 0.3) is 6.08 Å². The van der Waals surface area contributed by atoms with E-state index in [1.54, 1.807) is 6.08 Å². The molecule has 0 aromatic carbocycles. The summed E-state index contributed by atoms with van der Waals surface area (Å²) in [5, 5.41) is 0. The Morgan fingerprint density at radius 1 is 1.21 bits per heavy atom. The summed E-state index contributed by atoms with van der Waals surface area (Å²) < 4.78 is 0. The van der Waals surface area contributed by atoms with Gasteiger partial charge in [-0.05, 0) is 67.0 Å². The van der Waals surface area contributed by atoms with E-state index >= 15 is 0 Å². The van der Waals surface area contributed by atoms with Gasteiger partial charge >= 0.3 is 0 Å². The molecule has 0 amide bonds. The quantitative estimate of drug-likeness (QED) is 0.226. The fourth-order valence-corrected chi connectivity index (χ4v) is 2.90. The number of hydrogen-bond donors (Lipinski definition) is 1. The Bertz CT molecular complexity index is 779. The Hall–Kier alpha value is -2.68. The molecule has 0 saturated carbocycles. The lowest BCUT2D eigenvalue weighted by Crippen LogP contribution is -2.00. The molecule has 0 spiro atoms. The number of aliphatic imine (C=N–C) groups is 1. The van der Waals surface area contributed by atoms with Crippen LogP contribution < -0.4 is 5.73 Å². The van der Waals surface area contributed by atoms with Gasteiger partial charge in [-0.15, -0.1) is 0 Å². The third-order valence-electron chi connectivity index (χ3n) is 4.81. The molecular formula is C26H37N3. The van der Waals surface area contributed by atoms with Crippen LogP contribution in [-0.2, 0) is 6.42 Å². The molecule has 29 heavy (non-hydrogen) atoms. The average Bonchev–Trinajstić information content (AvgIpc) is 2.73. The number of aryl methyl sites for hydroxylation is 1. The highest BCUT2D eigenvalue weighted by Crippen LogP contribution is 2.16. The van der Waals surface area contributed by atoms with Crippen molar-refractivity contribution in [2.75, 3.05) is 12.8 Å². The van der Waals surface area contributed by atoms with Crippen molar-refractivity contribution in [3.63, 3.8) is 0 Å². The molecule has 1 aromatic rings. The number of anilines is 1. The Balaban J connectivity index is 2.65. The molecule has 0 bridgehead atoms. The van der Waals surface area contributed by atoms with Crippen LogP contribution in [0, 0.1) is 0 Å². The third kappa shape index (κ3) is 9.38. The minimum absolute atomic E-state index is 0.638. The lowest BCUT2D eigenvalue weighted by Gasteiger charge is -2.05. The number of nitrogen functional groups attached to an aromatic ring is 1. The Morgan fingerprint density at radius 2 is 2.00 bits per heavy atom. The molecule has 1 heterocycles. The third-order valence-corrected chi connectivity index (χ3v) is 4.81. The number of unbranched alkanes of at least 4 members (excludes halogenated alkanes) is 2. The number of pyridine rings is 1. The van der Waals surface area contributed by atoms with E-state index in [9.17, 15) is 0 Å². The van der Waals surface area contributed by atoms with Gasteiger partial charge in [-0.2, -0.15) is 0 Å². The van der Waals surface area contributed by atoms with E-state index < -0.39 is 0 Å². The van der Waals surface area contributed by atoms with Gasteiger partial charge in [0.25, 0.3) is 0 Å². The number of hydrogen-bond acceptors (Lipinski definition) is 3. The normalized spacial score (nSPS) is 12.8. The van der Waals surface area contributed by atoms with Crippen molar-refractivity contribution in [3.05, 3.63) is 78.1 Å². The smallest absolute Gasteiger partial charge is 0.127 e. The van der Waals surface area contributed by atoms with Gasteiger partial charge in [0.15, 0.2) is 0 Å². The van der Waals surface area contributed by atoms with Crippen LogP contribution in [0.4, 0.5) is 5.82 Å². The summed E-state index contributed by atoms with van der Waals surface area (Å²) in [7, 11) is 1.82. The highest BCUT2D eigenvalue weighted by molar-refractivity contribution is 5.98. The van der Waals surface area contributed by atoms with E-state index in [0.29, 0.717) is 5.82 Å². The van der Waals surface area contributed by atoms with Crippen LogP contribution in [0.1, 0.15) is 63.6 Å². The maximum atomic E-state index is 6.13. The van der Waals surface area contributed by atoms with E-state index in [0.717, 1.165) is 60.2 Å². The summed E-state index contributed by atoms with van der Waals surface area (Å²) >= 11 is 0. The van der Waals surface area contributed by atoms with Crippen LogP contribution in [-0.4, -0.2) is 17.7 Å². The Labute approximate surface area is 177 Å². The zero-order chi connectivity index (χ0) is 21.5. The highest BCUT2D eigenvalue weighted by atomic mass is 14.8. The summed E-state index contributed by atoms with van der Waals surface area (Å²) in [6, 6.07) is 4.13. The van der Waals surface area contributed by atoms with Crippen LogP contribution in [0.3, 0.4) is 0 Å².